The van der Waals surface area contributed by atoms with Crippen molar-refractivity contribution in [2.75, 3.05) is 11.5 Å². The topological polar surface area (TPSA) is 50.5 Å². The Morgan fingerprint density at radius 2 is 1.82 bits per heavy atom. The minimum absolute atomic E-state index is 0.308. The third-order valence-electron chi connectivity index (χ3n) is 5.58. The van der Waals surface area contributed by atoms with E-state index in [1.54, 1.807) is 29.3 Å². The zero-order chi connectivity index (χ0) is 22.8. The predicted octanol–water partition coefficient (Wildman–Crippen LogP) is 6.06. The highest BCUT2D eigenvalue weighted by molar-refractivity contribution is 7.80. The molecule has 1 aliphatic rings. The van der Waals surface area contributed by atoms with Crippen LogP contribution in [0.5, 0.6) is 5.75 Å². The molecular formula is C26H22FN3O2S. The average Bonchev–Trinajstić information content (AvgIpc) is 3.45. The molecule has 1 N–H and O–H groups in total. The van der Waals surface area contributed by atoms with E-state index in [1.807, 2.05) is 61.5 Å². The van der Waals surface area contributed by atoms with Crippen molar-refractivity contribution in [2.24, 2.45) is 0 Å². The summed E-state index contributed by atoms with van der Waals surface area (Å²) in [6.45, 7) is 2.56. The van der Waals surface area contributed by atoms with E-state index in [9.17, 15) is 4.39 Å². The number of ether oxygens (including phenoxy) is 1. The SMILES string of the molecule is CCOc1ccc(-c2ccc([C@@H]3[C@@H](c4ccccn4)NC(=S)N3c3ccccc3F)o2)cc1. The number of para-hydroxylation sites is 1. The van der Waals surface area contributed by atoms with E-state index < -0.39 is 6.04 Å². The quantitative estimate of drug-likeness (QED) is 0.354. The van der Waals surface area contributed by atoms with Crippen molar-refractivity contribution in [1.82, 2.24) is 10.3 Å². The van der Waals surface area contributed by atoms with Gasteiger partial charge in [0.05, 0.1) is 24.0 Å². The summed E-state index contributed by atoms with van der Waals surface area (Å²) < 4.78 is 26.7. The number of nitrogens with zero attached hydrogens (tertiary/aromatic N) is 2. The molecule has 0 saturated carbocycles. The third kappa shape index (κ3) is 4.07. The Hall–Kier alpha value is -3.71. The maximum atomic E-state index is 14.8. The highest BCUT2D eigenvalue weighted by atomic mass is 32.1. The maximum absolute atomic E-state index is 14.8. The molecule has 166 valence electrons. The van der Waals surface area contributed by atoms with Gasteiger partial charge in [0, 0.05) is 11.8 Å². The van der Waals surface area contributed by atoms with E-state index in [1.165, 1.54) is 6.07 Å². The second kappa shape index (κ2) is 9.03. The molecule has 0 spiro atoms. The molecule has 1 saturated heterocycles. The highest BCUT2D eigenvalue weighted by Gasteiger charge is 2.43. The van der Waals surface area contributed by atoms with E-state index in [2.05, 4.69) is 10.3 Å². The first-order valence-corrected chi connectivity index (χ1v) is 11.1. The molecule has 1 fully saturated rings. The number of anilines is 1. The lowest BCUT2D eigenvalue weighted by Crippen LogP contribution is -2.30. The molecule has 0 bridgehead atoms. The second-order valence-corrected chi connectivity index (χ2v) is 7.99. The fourth-order valence-corrected chi connectivity index (χ4v) is 4.44. The summed E-state index contributed by atoms with van der Waals surface area (Å²) in [5.74, 6) is 1.81. The second-order valence-electron chi connectivity index (χ2n) is 7.61. The lowest BCUT2D eigenvalue weighted by molar-refractivity contribution is 0.340. The molecule has 2 atom stereocenters. The summed E-state index contributed by atoms with van der Waals surface area (Å²) >= 11 is 5.64. The van der Waals surface area contributed by atoms with Crippen LogP contribution in [0.3, 0.4) is 0 Å². The van der Waals surface area contributed by atoms with Gasteiger partial charge < -0.3 is 19.4 Å². The van der Waals surface area contributed by atoms with Gasteiger partial charge in [-0.2, -0.15) is 0 Å². The fourth-order valence-electron chi connectivity index (χ4n) is 4.10. The molecule has 0 unspecified atom stereocenters. The number of thiocarbonyl (C=S) groups is 1. The van der Waals surface area contributed by atoms with Crippen molar-refractivity contribution in [2.45, 2.75) is 19.0 Å². The van der Waals surface area contributed by atoms with Crippen LogP contribution in [0.1, 0.15) is 30.5 Å². The molecule has 33 heavy (non-hydrogen) atoms. The fraction of sp³-hybridized carbons (Fsp3) is 0.154. The van der Waals surface area contributed by atoms with Gasteiger partial charge in [0.25, 0.3) is 0 Å². The van der Waals surface area contributed by atoms with Crippen molar-refractivity contribution < 1.29 is 13.5 Å². The standard InChI is InChI=1S/C26H22FN3O2S/c1-2-31-18-12-10-17(11-13-18)22-14-15-23(32-22)25-24(20-8-5-6-16-28-20)29-26(33)30(25)21-9-4-3-7-19(21)27/h3-16,24-25H,2H2,1H3,(H,29,33)/t24-,25-/m1/s1. The van der Waals surface area contributed by atoms with Crippen LogP contribution < -0.4 is 15.0 Å². The minimum Gasteiger partial charge on any atom is -0.494 e. The summed E-state index contributed by atoms with van der Waals surface area (Å²) in [6, 6.07) is 23.1. The van der Waals surface area contributed by atoms with Crippen molar-refractivity contribution in [3.8, 4) is 17.1 Å². The Balaban J connectivity index is 1.56. The lowest BCUT2D eigenvalue weighted by atomic mass is 10.0. The lowest BCUT2D eigenvalue weighted by Gasteiger charge is -2.26. The molecule has 5 nitrogen and oxygen atoms in total. The van der Waals surface area contributed by atoms with Gasteiger partial charge in [-0.1, -0.05) is 18.2 Å². The number of rotatable bonds is 6. The number of halogens is 1. The van der Waals surface area contributed by atoms with Gasteiger partial charge in [-0.25, -0.2) is 4.39 Å². The van der Waals surface area contributed by atoms with Gasteiger partial charge in [-0.05, 0) is 79.8 Å². The predicted molar refractivity (Wildman–Crippen MR) is 130 cm³/mol. The Kier molecular flexibility index (Phi) is 5.79. The van der Waals surface area contributed by atoms with Crippen LogP contribution in [-0.2, 0) is 0 Å². The van der Waals surface area contributed by atoms with Crippen molar-refractivity contribution >= 4 is 23.0 Å². The summed E-state index contributed by atoms with van der Waals surface area (Å²) in [5, 5.41) is 3.73. The molecule has 2 aromatic heterocycles. The summed E-state index contributed by atoms with van der Waals surface area (Å²) in [5.41, 5.74) is 2.10. The number of aromatic nitrogens is 1. The van der Waals surface area contributed by atoms with Crippen molar-refractivity contribution in [1.29, 1.82) is 0 Å². The molecule has 0 amide bonds. The smallest absolute Gasteiger partial charge is 0.174 e. The first-order chi connectivity index (χ1) is 16.2. The minimum atomic E-state index is -0.416. The number of hydrogen-bond acceptors (Lipinski definition) is 4. The first-order valence-electron chi connectivity index (χ1n) is 10.7. The largest absolute Gasteiger partial charge is 0.494 e. The van der Waals surface area contributed by atoms with E-state index in [0.29, 0.717) is 28.9 Å². The number of benzene rings is 2. The molecule has 3 heterocycles. The van der Waals surface area contributed by atoms with Crippen molar-refractivity contribution in [3.05, 3.63) is 102 Å². The van der Waals surface area contributed by atoms with Crippen LogP contribution in [0.4, 0.5) is 10.1 Å². The van der Waals surface area contributed by atoms with Gasteiger partial charge in [-0.15, -0.1) is 0 Å². The van der Waals surface area contributed by atoms with Gasteiger partial charge in [0.1, 0.15) is 29.1 Å². The summed E-state index contributed by atoms with van der Waals surface area (Å²) in [7, 11) is 0. The molecule has 1 aliphatic heterocycles. The van der Waals surface area contributed by atoms with Crippen LogP contribution in [0.2, 0.25) is 0 Å². The van der Waals surface area contributed by atoms with Crippen LogP contribution in [0.25, 0.3) is 11.3 Å². The summed E-state index contributed by atoms with van der Waals surface area (Å²) in [4.78, 5) is 6.28. The molecule has 4 aromatic rings. The molecular weight excluding hydrogens is 437 g/mol. The first kappa shape index (κ1) is 21.2. The normalized spacial score (nSPS) is 17.8. The molecule has 7 heteroatoms. The van der Waals surface area contributed by atoms with Gasteiger partial charge in [0.15, 0.2) is 5.11 Å². The molecule has 0 radical (unpaired) electrons. The van der Waals surface area contributed by atoms with Gasteiger partial charge in [-0.3, -0.25) is 4.98 Å². The number of pyridine rings is 1. The third-order valence-corrected chi connectivity index (χ3v) is 5.89. The molecule has 2 aromatic carbocycles. The van der Waals surface area contributed by atoms with E-state index in [4.69, 9.17) is 21.4 Å². The Labute approximate surface area is 196 Å². The van der Waals surface area contributed by atoms with Crippen molar-refractivity contribution in [3.63, 3.8) is 0 Å². The number of nitrogens with one attached hydrogen (secondary N) is 1. The molecule has 0 aliphatic carbocycles. The van der Waals surface area contributed by atoms with Crippen LogP contribution in [-0.4, -0.2) is 16.7 Å². The van der Waals surface area contributed by atoms with Crippen LogP contribution >= 0.6 is 12.2 Å². The molecule has 5 rings (SSSR count). The Morgan fingerprint density at radius 1 is 1.03 bits per heavy atom. The van der Waals surface area contributed by atoms with Gasteiger partial charge in [0.2, 0.25) is 0 Å². The average molecular weight is 460 g/mol. The monoisotopic (exact) mass is 459 g/mol. The maximum Gasteiger partial charge on any atom is 0.174 e. The van der Waals surface area contributed by atoms with E-state index in [-0.39, 0.29) is 11.9 Å². The van der Waals surface area contributed by atoms with E-state index in [0.717, 1.165) is 17.0 Å². The highest BCUT2D eigenvalue weighted by Crippen LogP contribution is 2.43. The summed E-state index contributed by atoms with van der Waals surface area (Å²) in [6.07, 6.45) is 1.73. The Morgan fingerprint density at radius 3 is 2.55 bits per heavy atom. The zero-order valence-corrected chi connectivity index (χ0v) is 18.8. The van der Waals surface area contributed by atoms with Crippen LogP contribution in [0, 0.1) is 5.82 Å². The zero-order valence-electron chi connectivity index (χ0n) is 17.9. The van der Waals surface area contributed by atoms with Crippen LogP contribution in [0.15, 0.2) is 89.5 Å². The van der Waals surface area contributed by atoms with E-state index >= 15 is 0 Å². The van der Waals surface area contributed by atoms with Gasteiger partial charge >= 0.3 is 0 Å². The number of furan rings is 1. The Bertz CT molecular complexity index is 1260. The number of hydrogen-bond donors (Lipinski definition) is 1.